The van der Waals surface area contributed by atoms with E-state index in [1.807, 2.05) is 17.7 Å². The smallest absolute Gasteiger partial charge is 0.200 e. The quantitative estimate of drug-likeness (QED) is 0.690. The van der Waals surface area contributed by atoms with Crippen LogP contribution in [-0.4, -0.2) is 14.5 Å². The second-order valence-electron chi connectivity index (χ2n) is 2.52. The molecule has 5 heteroatoms. The molecule has 0 radical (unpaired) electrons. The largest absolute Gasteiger partial charge is 0.369 e. The van der Waals surface area contributed by atoms with Crippen LogP contribution in [0.25, 0.3) is 11.0 Å². The van der Waals surface area contributed by atoms with E-state index in [0.717, 1.165) is 15.6 Å². The van der Waals surface area contributed by atoms with E-state index in [1.54, 1.807) is 6.20 Å². The van der Waals surface area contributed by atoms with Crippen LogP contribution in [0, 0.1) is 0 Å². The van der Waals surface area contributed by atoms with Crippen molar-refractivity contribution in [2.24, 2.45) is 7.05 Å². The minimum atomic E-state index is 0.505. The maximum Gasteiger partial charge on any atom is 0.200 e. The highest BCUT2D eigenvalue weighted by Gasteiger charge is 2.04. The minimum Gasteiger partial charge on any atom is -0.369 e. The zero-order valence-electron chi connectivity index (χ0n) is 6.45. The summed E-state index contributed by atoms with van der Waals surface area (Å²) in [6, 6.07) is 1.89. The zero-order valence-corrected chi connectivity index (χ0v) is 8.04. The van der Waals surface area contributed by atoms with Gasteiger partial charge in [-0.2, -0.15) is 0 Å². The molecule has 0 aliphatic rings. The fourth-order valence-electron chi connectivity index (χ4n) is 1.09. The van der Waals surface area contributed by atoms with Crippen LogP contribution in [0.5, 0.6) is 0 Å². The van der Waals surface area contributed by atoms with Gasteiger partial charge in [-0.1, -0.05) is 0 Å². The summed E-state index contributed by atoms with van der Waals surface area (Å²) < 4.78 is 2.61. The minimum absolute atomic E-state index is 0.505. The van der Waals surface area contributed by atoms with E-state index in [9.17, 15) is 0 Å². The summed E-state index contributed by atoms with van der Waals surface area (Å²) in [5.41, 5.74) is 7.41. The van der Waals surface area contributed by atoms with E-state index >= 15 is 0 Å². The lowest BCUT2D eigenvalue weighted by molar-refractivity contribution is 0.964. The third kappa shape index (κ3) is 0.972. The molecule has 12 heavy (non-hydrogen) atoms. The van der Waals surface area contributed by atoms with E-state index in [-0.39, 0.29) is 0 Å². The number of rotatable bonds is 0. The molecule has 2 heterocycles. The van der Waals surface area contributed by atoms with Gasteiger partial charge in [0.25, 0.3) is 0 Å². The number of hydrogen-bond donors (Lipinski definition) is 1. The van der Waals surface area contributed by atoms with Crippen molar-refractivity contribution in [1.82, 2.24) is 14.5 Å². The Labute approximate surface area is 77.5 Å². The van der Waals surface area contributed by atoms with Crippen molar-refractivity contribution in [2.75, 3.05) is 5.73 Å². The Kier molecular flexibility index (Phi) is 1.54. The first kappa shape index (κ1) is 7.54. The molecular weight excluding hydrogens is 220 g/mol. The molecule has 2 rings (SSSR count). The molecule has 62 valence electrons. The molecule has 0 fully saturated rings. The molecule has 4 nitrogen and oxygen atoms in total. The first-order chi connectivity index (χ1) is 5.68. The number of nitrogens with zero attached hydrogens (tertiary/aromatic N) is 3. The molecule has 2 aromatic heterocycles. The van der Waals surface area contributed by atoms with Gasteiger partial charge in [0.1, 0.15) is 10.1 Å². The molecule has 0 unspecified atom stereocenters. The first-order valence-corrected chi connectivity index (χ1v) is 4.21. The number of aromatic nitrogens is 3. The Balaban J connectivity index is 2.88. The SMILES string of the molecule is Cn1c(N)nc2cnc(Br)cc21. The van der Waals surface area contributed by atoms with Gasteiger partial charge in [0.15, 0.2) is 0 Å². The molecule has 2 aromatic rings. The van der Waals surface area contributed by atoms with E-state index in [0.29, 0.717) is 5.95 Å². The van der Waals surface area contributed by atoms with E-state index in [2.05, 4.69) is 25.9 Å². The maximum absolute atomic E-state index is 5.61. The fraction of sp³-hybridized carbons (Fsp3) is 0.143. The van der Waals surface area contributed by atoms with Gasteiger partial charge in [0.05, 0.1) is 11.7 Å². The summed E-state index contributed by atoms with van der Waals surface area (Å²) in [7, 11) is 1.87. The lowest BCUT2D eigenvalue weighted by atomic mass is 10.4. The van der Waals surface area contributed by atoms with Crippen LogP contribution in [0.15, 0.2) is 16.9 Å². The Morgan fingerprint density at radius 2 is 2.33 bits per heavy atom. The second-order valence-corrected chi connectivity index (χ2v) is 3.34. The number of pyridine rings is 1. The predicted molar refractivity (Wildman–Crippen MR) is 50.6 cm³/mol. The van der Waals surface area contributed by atoms with Crippen LogP contribution in [0.3, 0.4) is 0 Å². The number of nitrogen functional groups attached to an aromatic ring is 1. The van der Waals surface area contributed by atoms with Crippen molar-refractivity contribution in [3.63, 3.8) is 0 Å². The lowest BCUT2D eigenvalue weighted by Gasteiger charge is -1.95. The third-order valence-corrected chi connectivity index (χ3v) is 2.20. The van der Waals surface area contributed by atoms with Gasteiger partial charge in [-0.25, -0.2) is 9.97 Å². The molecule has 0 atom stereocenters. The highest BCUT2D eigenvalue weighted by atomic mass is 79.9. The standard InChI is InChI=1S/C7H7BrN4/c1-12-5-2-6(8)10-3-4(5)11-7(12)9/h2-3H,1H3,(H2,9,11). The first-order valence-electron chi connectivity index (χ1n) is 3.42. The number of nitrogens with two attached hydrogens (primary N) is 1. The number of halogens is 1. The molecular formula is C7H7BrN4. The summed E-state index contributed by atoms with van der Waals surface area (Å²) in [5.74, 6) is 0.505. The highest BCUT2D eigenvalue weighted by Crippen LogP contribution is 2.18. The highest BCUT2D eigenvalue weighted by molar-refractivity contribution is 9.10. The maximum atomic E-state index is 5.61. The van der Waals surface area contributed by atoms with Crippen LogP contribution in [0.1, 0.15) is 0 Å². The summed E-state index contributed by atoms with van der Waals surface area (Å²) in [6.45, 7) is 0. The van der Waals surface area contributed by atoms with Crippen LogP contribution in [-0.2, 0) is 7.05 Å². The summed E-state index contributed by atoms with van der Waals surface area (Å²) in [6.07, 6.45) is 1.69. The third-order valence-electron chi connectivity index (χ3n) is 1.77. The predicted octanol–water partition coefficient (Wildman–Crippen LogP) is 1.31. The van der Waals surface area contributed by atoms with Crippen LogP contribution < -0.4 is 5.73 Å². The molecule has 0 aliphatic carbocycles. The molecule has 0 bridgehead atoms. The molecule has 2 N–H and O–H groups in total. The topological polar surface area (TPSA) is 56.7 Å². The number of hydrogen-bond acceptors (Lipinski definition) is 3. The zero-order chi connectivity index (χ0) is 8.72. The van der Waals surface area contributed by atoms with Crippen LogP contribution in [0.2, 0.25) is 0 Å². The van der Waals surface area contributed by atoms with Crippen molar-refractivity contribution >= 4 is 32.9 Å². The molecule has 0 aromatic carbocycles. The van der Waals surface area contributed by atoms with Crippen molar-refractivity contribution < 1.29 is 0 Å². The van der Waals surface area contributed by atoms with Gasteiger partial charge in [-0.3, -0.25) is 0 Å². The molecule has 0 saturated heterocycles. The molecule has 0 amide bonds. The monoisotopic (exact) mass is 226 g/mol. The average molecular weight is 227 g/mol. The van der Waals surface area contributed by atoms with Gasteiger partial charge in [-0.15, -0.1) is 0 Å². The number of aryl methyl sites for hydroxylation is 1. The van der Waals surface area contributed by atoms with Crippen molar-refractivity contribution in [3.05, 3.63) is 16.9 Å². The number of imidazole rings is 1. The van der Waals surface area contributed by atoms with Crippen molar-refractivity contribution in [3.8, 4) is 0 Å². The Hall–Kier alpha value is -1.10. The van der Waals surface area contributed by atoms with Gasteiger partial charge in [0, 0.05) is 7.05 Å². The van der Waals surface area contributed by atoms with E-state index in [1.165, 1.54) is 0 Å². The van der Waals surface area contributed by atoms with E-state index in [4.69, 9.17) is 5.73 Å². The van der Waals surface area contributed by atoms with Gasteiger partial charge in [0.2, 0.25) is 5.95 Å². The Morgan fingerprint density at radius 3 is 3.08 bits per heavy atom. The lowest BCUT2D eigenvalue weighted by Crippen LogP contribution is -1.95. The molecule has 0 saturated carbocycles. The second kappa shape index (κ2) is 2.45. The van der Waals surface area contributed by atoms with Gasteiger partial charge in [-0.05, 0) is 22.0 Å². The normalized spacial score (nSPS) is 10.8. The van der Waals surface area contributed by atoms with Gasteiger partial charge < -0.3 is 10.3 Å². The molecule has 0 spiro atoms. The Bertz CT molecular complexity index is 434. The van der Waals surface area contributed by atoms with Gasteiger partial charge >= 0.3 is 0 Å². The Morgan fingerprint density at radius 1 is 1.58 bits per heavy atom. The van der Waals surface area contributed by atoms with E-state index < -0.39 is 0 Å². The average Bonchev–Trinajstić information content (AvgIpc) is 2.31. The van der Waals surface area contributed by atoms with Crippen molar-refractivity contribution in [2.45, 2.75) is 0 Å². The molecule has 0 aliphatic heterocycles. The van der Waals surface area contributed by atoms with Crippen LogP contribution >= 0.6 is 15.9 Å². The van der Waals surface area contributed by atoms with Crippen LogP contribution in [0.4, 0.5) is 5.95 Å². The van der Waals surface area contributed by atoms with Crippen molar-refractivity contribution in [1.29, 1.82) is 0 Å². The number of fused-ring (bicyclic) bond motifs is 1. The fourth-order valence-corrected chi connectivity index (χ4v) is 1.41. The summed E-state index contributed by atoms with van der Waals surface area (Å²) >= 11 is 3.28. The summed E-state index contributed by atoms with van der Waals surface area (Å²) in [4.78, 5) is 8.16. The summed E-state index contributed by atoms with van der Waals surface area (Å²) in [5, 5.41) is 0. The number of anilines is 1.